The highest BCUT2D eigenvalue weighted by Crippen LogP contribution is 2.20. The average molecular weight is 382 g/mol. The van der Waals surface area contributed by atoms with Crippen molar-refractivity contribution in [1.82, 2.24) is 10.2 Å². The van der Waals surface area contributed by atoms with E-state index in [-0.39, 0.29) is 30.3 Å². The van der Waals surface area contributed by atoms with Crippen molar-refractivity contribution in [2.45, 2.75) is 58.0 Å². The van der Waals surface area contributed by atoms with E-state index in [1.807, 2.05) is 49.1 Å². The fourth-order valence-electron chi connectivity index (χ4n) is 3.44. The largest absolute Gasteiger partial charge is 0.344 e. The number of hydrogen-bond donors (Lipinski definition) is 2. The Labute approximate surface area is 163 Å². The third-order valence-electron chi connectivity index (χ3n) is 5.01. The molecule has 0 aromatic heterocycles. The van der Waals surface area contributed by atoms with Crippen LogP contribution in [0, 0.1) is 5.92 Å². The minimum absolute atomic E-state index is 0. The molecule has 146 valence electrons. The van der Waals surface area contributed by atoms with Crippen LogP contribution in [0.5, 0.6) is 0 Å². The summed E-state index contributed by atoms with van der Waals surface area (Å²) in [5, 5.41) is 2.94. The number of likely N-dealkylation sites (tertiary alicyclic amines) is 1. The molecule has 3 N–H and O–H groups in total. The van der Waals surface area contributed by atoms with Crippen LogP contribution in [-0.4, -0.2) is 41.9 Å². The van der Waals surface area contributed by atoms with E-state index >= 15 is 0 Å². The Kier molecular flexibility index (Phi) is 9.66. The molecule has 2 amide bonds. The zero-order valence-corrected chi connectivity index (χ0v) is 16.6. The number of amides is 2. The van der Waals surface area contributed by atoms with E-state index in [4.69, 9.17) is 5.73 Å². The van der Waals surface area contributed by atoms with Crippen molar-refractivity contribution in [2.24, 2.45) is 11.7 Å². The first-order chi connectivity index (χ1) is 12.0. The lowest BCUT2D eigenvalue weighted by Crippen LogP contribution is -2.51. The molecule has 0 spiro atoms. The first kappa shape index (κ1) is 22.5. The second-order valence-corrected chi connectivity index (χ2v) is 7.09. The molecule has 1 aliphatic rings. The fraction of sp³-hybridized carbons (Fsp3) is 0.600. The predicted molar refractivity (Wildman–Crippen MR) is 107 cm³/mol. The van der Waals surface area contributed by atoms with Gasteiger partial charge in [0, 0.05) is 19.1 Å². The minimum atomic E-state index is -0.423. The maximum Gasteiger partial charge on any atom is 0.245 e. The zero-order valence-electron chi connectivity index (χ0n) is 15.8. The molecule has 0 aliphatic carbocycles. The Hall–Kier alpha value is -1.59. The second-order valence-electron chi connectivity index (χ2n) is 7.09. The summed E-state index contributed by atoms with van der Waals surface area (Å²) >= 11 is 0. The average Bonchev–Trinajstić information content (AvgIpc) is 2.61. The van der Waals surface area contributed by atoms with Crippen LogP contribution >= 0.6 is 12.4 Å². The van der Waals surface area contributed by atoms with Gasteiger partial charge in [-0.2, -0.15) is 0 Å². The fourth-order valence-corrected chi connectivity index (χ4v) is 3.44. The quantitative estimate of drug-likeness (QED) is 0.762. The third kappa shape index (κ3) is 6.61. The van der Waals surface area contributed by atoms with Gasteiger partial charge in [-0.25, -0.2) is 0 Å². The van der Waals surface area contributed by atoms with Gasteiger partial charge in [0.25, 0.3) is 0 Å². The van der Waals surface area contributed by atoms with E-state index in [9.17, 15) is 9.59 Å². The van der Waals surface area contributed by atoms with E-state index in [1.54, 1.807) is 0 Å². The van der Waals surface area contributed by atoms with Crippen molar-refractivity contribution in [3.05, 3.63) is 35.9 Å². The Bertz CT molecular complexity index is 557. The van der Waals surface area contributed by atoms with Crippen LogP contribution in [-0.2, 0) is 16.0 Å². The van der Waals surface area contributed by atoms with Crippen LogP contribution in [0.2, 0.25) is 0 Å². The highest BCUT2D eigenvalue weighted by Gasteiger charge is 2.29. The highest BCUT2D eigenvalue weighted by atomic mass is 35.5. The van der Waals surface area contributed by atoms with Gasteiger partial charge >= 0.3 is 0 Å². The van der Waals surface area contributed by atoms with Crippen LogP contribution in [0.25, 0.3) is 0 Å². The number of carbonyl (C=O) groups is 2. The van der Waals surface area contributed by atoms with Gasteiger partial charge in [0.15, 0.2) is 0 Å². The summed E-state index contributed by atoms with van der Waals surface area (Å²) in [6, 6.07) is 9.36. The first-order valence-corrected chi connectivity index (χ1v) is 9.39. The molecule has 1 aromatic rings. The lowest BCUT2D eigenvalue weighted by atomic mass is 9.90. The second kappa shape index (κ2) is 11.2. The first-order valence-electron chi connectivity index (χ1n) is 9.39. The van der Waals surface area contributed by atoms with E-state index in [0.29, 0.717) is 18.8 Å². The number of nitrogens with zero attached hydrogens (tertiary/aromatic N) is 1. The van der Waals surface area contributed by atoms with E-state index in [2.05, 4.69) is 5.32 Å². The van der Waals surface area contributed by atoms with Gasteiger partial charge in [-0.3, -0.25) is 9.59 Å². The molecule has 0 radical (unpaired) electrons. The van der Waals surface area contributed by atoms with Crippen molar-refractivity contribution in [3.8, 4) is 0 Å². The van der Waals surface area contributed by atoms with Crippen LogP contribution in [0.4, 0.5) is 0 Å². The molecule has 1 saturated heterocycles. The molecule has 6 heteroatoms. The Balaban J connectivity index is 0.00000338. The number of halogens is 1. The molecule has 5 nitrogen and oxygen atoms in total. The maximum absolute atomic E-state index is 12.8. The summed E-state index contributed by atoms with van der Waals surface area (Å²) in [5.41, 5.74) is 6.93. The van der Waals surface area contributed by atoms with Crippen molar-refractivity contribution in [2.75, 3.05) is 13.1 Å². The number of piperidine rings is 1. The molecule has 2 unspecified atom stereocenters. The lowest BCUT2D eigenvalue weighted by Gasteiger charge is -2.35. The van der Waals surface area contributed by atoms with E-state index in [0.717, 1.165) is 37.9 Å². The third-order valence-corrected chi connectivity index (χ3v) is 5.01. The summed E-state index contributed by atoms with van der Waals surface area (Å²) in [5.74, 6) is 0.441. The van der Waals surface area contributed by atoms with Gasteiger partial charge in [0.2, 0.25) is 11.8 Å². The molecule has 1 aliphatic heterocycles. The van der Waals surface area contributed by atoms with Gasteiger partial charge in [-0.05, 0) is 37.7 Å². The summed E-state index contributed by atoms with van der Waals surface area (Å²) in [6.45, 7) is 5.54. The lowest BCUT2D eigenvalue weighted by molar-refractivity contribution is -0.137. The summed E-state index contributed by atoms with van der Waals surface area (Å²) in [6.07, 6.45) is 3.73. The molecular formula is C20H32ClN3O2. The maximum atomic E-state index is 12.8. The van der Waals surface area contributed by atoms with Crippen molar-refractivity contribution < 1.29 is 9.59 Å². The number of nitrogens with two attached hydrogens (primary N) is 1. The molecule has 1 heterocycles. The van der Waals surface area contributed by atoms with Crippen molar-refractivity contribution in [3.63, 3.8) is 0 Å². The number of carbonyl (C=O) groups excluding carboxylic acids is 2. The number of rotatable bonds is 7. The molecular weight excluding hydrogens is 350 g/mol. The topological polar surface area (TPSA) is 75.4 Å². The number of hydrogen-bond acceptors (Lipinski definition) is 3. The zero-order chi connectivity index (χ0) is 18.2. The van der Waals surface area contributed by atoms with E-state index < -0.39 is 6.04 Å². The van der Waals surface area contributed by atoms with Crippen LogP contribution in [0.15, 0.2) is 30.3 Å². The molecule has 2 rings (SSSR count). The van der Waals surface area contributed by atoms with Crippen molar-refractivity contribution in [1.29, 1.82) is 0 Å². The van der Waals surface area contributed by atoms with Crippen LogP contribution in [0.1, 0.15) is 45.1 Å². The smallest absolute Gasteiger partial charge is 0.245 e. The molecule has 26 heavy (non-hydrogen) atoms. The standard InChI is InChI=1S/C20H31N3O2.ClH/c1-3-7-18(22-19(24)14-16-8-5-4-6-9-16)20(25)23-12-10-17(11-13-23)15(2)21;/h4-6,8-9,15,17-18H,3,7,10-14,21H2,1-2H3,(H,22,24);1H. The van der Waals surface area contributed by atoms with Gasteiger partial charge in [-0.1, -0.05) is 43.7 Å². The Morgan fingerprint density at radius 1 is 1.23 bits per heavy atom. The molecule has 1 aromatic carbocycles. The number of benzene rings is 1. The SMILES string of the molecule is CCCC(NC(=O)Cc1ccccc1)C(=O)N1CCC(C(C)N)CC1.Cl. The van der Waals surface area contributed by atoms with Gasteiger partial charge in [0.1, 0.15) is 6.04 Å². The molecule has 2 atom stereocenters. The van der Waals surface area contributed by atoms with Gasteiger partial charge in [-0.15, -0.1) is 12.4 Å². The summed E-state index contributed by atoms with van der Waals surface area (Å²) in [4.78, 5) is 27.1. The van der Waals surface area contributed by atoms with Gasteiger partial charge in [0.05, 0.1) is 6.42 Å². The van der Waals surface area contributed by atoms with E-state index in [1.165, 1.54) is 0 Å². The normalized spacial score (nSPS) is 17.1. The monoisotopic (exact) mass is 381 g/mol. The summed E-state index contributed by atoms with van der Waals surface area (Å²) < 4.78 is 0. The Morgan fingerprint density at radius 2 is 1.85 bits per heavy atom. The summed E-state index contributed by atoms with van der Waals surface area (Å²) in [7, 11) is 0. The molecule has 0 bridgehead atoms. The van der Waals surface area contributed by atoms with Gasteiger partial charge < -0.3 is 16.0 Å². The van der Waals surface area contributed by atoms with Crippen LogP contribution < -0.4 is 11.1 Å². The predicted octanol–water partition coefficient (Wildman–Crippen LogP) is 2.52. The molecule has 1 fully saturated rings. The Morgan fingerprint density at radius 3 is 2.38 bits per heavy atom. The highest BCUT2D eigenvalue weighted by molar-refractivity contribution is 5.88. The molecule has 0 saturated carbocycles. The van der Waals surface area contributed by atoms with Crippen LogP contribution in [0.3, 0.4) is 0 Å². The minimum Gasteiger partial charge on any atom is -0.344 e. The van der Waals surface area contributed by atoms with Crippen molar-refractivity contribution >= 4 is 24.2 Å². The number of nitrogens with one attached hydrogen (secondary N) is 1.